The Morgan fingerprint density at radius 2 is 0.716 bits per heavy atom. The summed E-state index contributed by atoms with van der Waals surface area (Å²) in [6.07, 6.45) is 0. The van der Waals surface area contributed by atoms with Crippen LogP contribution in [0.2, 0.25) is 0 Å². The van der Waals surface area contributed by atoms with Crippen LogP contribution in [0.4, 0.5) is 28.4 Å². The third-order valence-corrected chi connectivity index (χ3v) is 13.3. The lowest BCUT2D eigenvalue weighted by atomic mass is 9.91. The Morgan fingerprint density at radius 3 is 1.31 bits per heavy atom. The molecule has 0 aliphatic heterocycles. The summed E-state index contributed by atoms with van der Waals surface area (Å²) in [5, 5.41) is 0. The van der Waals surface area contributed by atoms with E-state index in [-0.39, 0.29) is 0 Å². The van der Waals surface area contributed by atoms with Crippen molar-refractivity contribution in [1.29, 1.82) is 0 Å². The highest BCUT2D eigenvalue weighted by Gasteiger charge is 2.20. The van der Waals surface area contributed by atoms with Gasteiger partial charge in [0.05, 0.1) is 0 Å². The summed E-state index contributed by atoms with van der Waals surface area (Å²) in [5.41, 5.74) is 25.0. The van der Waals surface area contributed by atoms with Gasteiger partial charge in [0.1, 0.15) is 0 Å². The highest BCUT2D eigenvalue weighted by Crippen LogP contribution is 2.44. The number of para-hydroxylation sites is 1. The summed E-state index contributed by atoms with van der Waals surface area (Å²) in [7, 11) is 2.21. The molecule has 0 radical (unpaired) electrons. The molecule has 0 aliphatic rings. The maximum atomic E-state index is 2.39. The van der Waals surface area contributed by atoms with Crippen molar-refractivity contribution < 1.29 is 0 Å². The van der Waals surface area contributed by atoms with Gasteiger partial charge in [0, 0.05) is 41.0 Å². The monoisotopic (exact) mass is 862 g/mol. The molecule has 0 saturated carbocycles. The van der Waals surface area contributed by atoms with E-state index in [9.17, 15) is 0 Å². The largest absolute Gasteiger partial charge is 0.344 e. The molecule has 0 aromatic heterocycles. The van der Waals surface area contributed by atoms with Crippen molar-refractivity contribution in [1.82, 2.24) is 0 Å². The number of nitrogens with zero attached hydrogens (tertiary/aromatic N) is 2. The summed E-state index contributed by atoms with van der Waals surface area (Å²) < 4.78 is 0. The standard InChI is InChI=1S/C65H54N2/c1-45-20-15-17-28-59(45)61-30-19-31-64(48(61)4)66(5)65-39-36-53(52-33-32-47(3)62(43-52)60-29-18-16-21-46(60)2)44-63(65)51-34-37-57(38-35-51)67(56-26-13-8-14-27-56)58-41-54(49-22-9-6-10-23-49)40-55(42-58)50-24-11-7-12-25-50/h6-44H,1-5H3. The van der Waals surface area contributed by atoms with E-state index in [2.05, 4.69) is 281 Å². The lowest BCUT2D eigenvalue weighted by Gasteiger charge is -2.28. The Kier molecular flexibility index (Phi) is 11.9. The molecule has 0 unspecified atom stereocenters. The van der Waals surface area contributed by atoms with Crippen LogP contribution in [0.5, 0.6) is 0 Å². The summed E-state index contributed by atoms with van der Waals surface area (Å²) in [6, 6.07) is 86.1. The summed E-state index contributed by atoms with van der Waals surface area (Å²) in [5.74, 6) is 0. The average molecular weight is 863 g/mol. The number of anilines is 5. The third-order valence-electron chi connectivity index (χ3n) is 13.3. The highest BCUT2D eigenvalue weighted by atomic mass is 15.1. The van der Waals surface area contributed by atoms with Gasteiger partial charge in [0.25, 0.3) is 0 Å². The van der Waals surface area contributed by atoms with Crippen LogP contribution in [-0.2, 0) is 0 Å². The molecule has 2 heteroatoms. The summed E-state index contributed by atoms with van der Waals surface area (Å²) in [4.78, 5) is 4.75. The predicted molar refractivity (Wildman–Crippen MR) is 287 cm³/mol. The quantitative estimate of drug-likeness (QED) is 0.128. The minimum Gasteiger partial charge on any atom is -0.344 e. The van der Waals surface area contributed by atoms with E-state index in [1.165, 1.54) is 83.6 Å². The lowest BCUT2D eigenvalue weighted by molar-refractivity contribution is 1.19. The van der Waals surface area contributed by atoms with Crippen LogP contribution in [0.1, 0.15) is 22.3 Å². The van der Waals surface area contributed by atoms with Gasteiger partial charge in [-0.1, -0.05) is 170 Å². The Bertz CT molecular complexity index is 3280. The zero-order valence-electron chi connectivity index (χ0n) is 38.9. The Labute approximate surface area is 396 Å². The first-order chi connectivity index (χ1) is 32.8. The Morgan fingerprint density at radius 1 is 0.254 bits per heavy atom. The second-order valence-electron chi connectivity index (χ2n) is 17.6. The van der Waals surface area contributed by atoms with Crippen molar-refractivity contribution in [2.45, 2.75) is 27.7 Å². The molecule has 10 aromatic rings. The minimum atomic E-state index is 1.08. The molecule has 0 spiro atoms. The fourth-order valence-electron chi connectivity index (χ4n) is 9.64. The molecule has 10 aromatic carbocycles. The van der Waals surface area contributed by atoms with Crippen molar-refractivity contribution in [3.05, 3.63) is 259 Å². The van der Waals surface area contributed by atoms with E-state index in [0.717, 1.165) is 33.9 Å². The second kappa shape index (κ2) is 18.7. The van der Waals surface area contributed by atoms with E-state index >= 15 is 0 Å². The second-order valence-corrected chi connectivity index (χ2v) is 17.6. The molecule has 10 rings (SSSR count). The number of aryl methyl sites for hydroxylation is 3. The molecule has 0 heterocycles. The molecule has 0 amide bonds. The smallest absolute Gasteiger partial charge is 0.0488 e. The molecule has 2 nitrogen and oxygen atoms in total. The van der Waals surface area contributed by atoms with Crippen molar-refractivity contribution >= 4 is 28.4 Å². The zero-order chi connectivity index (χ0) is 45.9. The van der Waals surface area contributed by atoms with Gasteiger partial charge in [-0.3, -0.25) is 0 Å². The molecule has 0 atom stereocenters. The van der Waals surface area contributed by atoms with Gasteiger partial charge >= 0.3 is 0 Å². The number of benzene rings is 10. The van der Waals surface area contributed by atoms with Gasteiger partial charge in [-0.15, -0.1) is 0 Å². The van der Waals surface area contributed by atoms with Crippen molar-refractivity contribution in [2.24, 2.45) is 0 Å². The van der Waals surface area contributed by atoms with Crippen LogP contribution in [0, 0.1) is 27.7 Å². The van der Waals surface area contributed by atoms with Crippen LogP contribution in [-0.4, -0.2) is 7.05 Å². The van der Waals surface area contributed by atoms with Gasteiger partial charge in [-0.2, -0.15) is 0 Å². The van der Waals surface area contributed by atoms with Gasteiger partial charge in [-0.05, 0) is 178 Å². The van der Waals surface area contributed by atoms with Crippen LogP contribution in [0.3, 0.4) is 0 Å². The minimum absolute atomic E-state index is 1.08. The van der Waals surface area contributed by atoms with Crippen LogP contribution in [0.25, 0.3) is 66.8 Å². The molecule has 324 valence electrons. The summed E-state index contributed by atoms with van der Waals surface area (Å²) >= 11 is 0. The van der Waals surface area contributed by atoms with E-state index in [1.54, 1.807) is 0 Å². The van der Waals surface area contributed by atoms with Crippen molar-refractivity contribution in [3.63, 3.8) is 0 Å². The maximum Gasteiger partial charge on any atom is 0.0488 e. The Hall–Kier alpha value is -8.20. The van der Waals surface area contributed by atoms with Gasteiger partial charge < -0.3 is 9.80 Å². The predicted octanol–water partition coefficient (Wildman–Crippen LogP) is 18.2. The Balaban J connectivity index is 1.12. The van der Waals surface area contributed by atoms with Gasteiger partial charge in [0.2, 0.25) is 0 Å². The summed E-state index contributed by atoms with van der Waals surface area (Å²) in [6.45, 7) is 8.86. The zero-order valence-corrected chi connectivity index (χ0v) is 38.9. The first-order valence-corrected chi connectivity index (χ1v) is 23.2. The molecule has 0 bridgehead atoms. The van der Waals surface area contributed by atoms with Gasteiger partial charge in [-0.25, -0.2) is 0 Å². The highest BCUT2D eigenvalue weighted by molar-refractivity contribution is 5.91. The number of hydrogen-bond donors (Lipinski definition) is 0. The van der Waals surface area contributed by atoms with Gasteiger partial charge in [0.15, 0.2) is 0 Å². The van der Waals surface area contributed by atoms with Crippen LogP contribution >= 0.6 is 0 Å². The molecular formula is C65H54N2. The molecule has 0 saturated heterocycles. The normalized spacial score (nSPS) is 11.1. The fourth-order valence-corrected chi connectivity index (χ4v) is 9.64. The average Bonchev–Trinajstić information content (AvgIpc) is 3.38. The molecule has 0 aliphatic carbocycles. The third kappa shape index (κ3) is 8.70. The van der Waals surface area contributed by atoms with Crippen molar-refractivity contribution in [2.75, 3.05) is 16.8 Å². The topological polar surface area (TPSA) is 6.48 Å². The first kappa shape index (κ1) is 42.7. The molecule has 67 heavy (non-hydrogen) atoms. The fraction of sp³-hybridized carbons (Fsp3) is 0.0769. The first-order valence-electron chi connectivity index (χ1n) is 23.2. The van der Waals surface area contributed by atoms with Crippen LogP contribution in [0.15, 0.2) is 237 Å². The maximum absolute atomic E-state index is 2.39. The van der Waals surface area contributed by atoms with E-state index < -0.39 is 0 Å². The van der Waals surface area contributed by atoms with E-state index in [1.807, 2.05) is 0 Å². The molecule has 0 N–H and O–H groups in total. The van der Waals surface area contributed by atoms with E-state index in [0.29, 0.717) is 0 Å². The van der Waals surface area contributed by atoms with E-state index in [4.69, 9.17) is 0 Å². The van der Waals surface area contributed by atoms with Crippen molar-refractivity contribution in [3.8, 4) is 66.8 Å². The number of hydrogen-bond acceptors (Lipinski definition) is 2. The molecular weight excluding hydrogens is 809 g/mol. The number of rotatable bonds is 11. The van der Waals surface area contributed by atoms with Crippen LogP contribution < -0.4 is 9.80 Å². The lowest BCUT2D eigenvalue weighted by Crippen LogP contribution is -2.13. The SMILES string of the molecule is Cc1ccccc1-c1cc(-c2ccc(N(C)c3cccc(-c4ccccc4C)c3C)c(-c3ccc(N(c4ccccc4)c4cc(-c5ccccc5)cc(-c5ccccc5)c4)cc3)c2)ccc1C. The molecule has 0 fully saturated rings.